The van der Waals surface area contributed by atoms with Crippen LogP contribution in [0.15, 0.2) is 54.9 Å². The molecule has 0 radical (unpaired) electrons. The second-order valence-electron chi connectivity index (χ2n) is 9.89. The van der Waals surface area contributed by atoms with E-state index in [1.807, 2.05) is 12.1 Å². The highest BCUT2D eigenvalue weighted by Gasteiger charge is 2.52. The van der Waals surface area contributed by atoms with E-state index in [0.29, 0.717) is 35.8 Å². The van der Waals surface area contributed by atoms with Crippen LogP contribution in [-0.2, 0) is 10.3 Å². The van der Waals surface area contributed by atoms with Crippen LogP contribution in [0.3, 0.4) is 0 Å². The van der Waals surface area contributed by atoms with E-state index >= 15 is 0 Å². The molecule has 4 rings (SSSR count). The summed E-state index contributed by atoms with van der Waals surface area (Å²) < 4.78 is 19.3. The summed E-state index contributed by atoms with van der Waals surface area (Å²) in [6.07, 6.45) is 5.07. The van der Waals surface area contributed by atoms with Gasteiger partial charge in [0.05, 0.1) is 18.8 Å². The molecule has 7 nitrogen and oxygen atoms in total. The fraction of sp³-hybridized carbons (Fsp3) is 0.455. The lowest BCUT2D eigenvalue weighted by Crippen LogP contribution is -2.32. The molecule has 1 aliphatic heterocycles. The predicted octanol–water partition coefficient (Wildman–Crippen LogP) is 6.81. The van der Waals surface area contributed by atoms with Gasteiger partial charge >= 0.3 is 5.97 Å². The molecule has 0 saturated heterocycles. The molecule has 7 heteroatoms. The van der Waals surface area contributed by atoms with Crippen LogP contribution in [0.2, 0.25) is 0 Å². The van der Waals surface area contributed by atoms with Gasteiger partial charge in [-0.3, -0.25) is 4.98 Å². The zero-order chi connectivity index (χ0) is 28.7. The van der Waals surface area contributed by atoms with Crippen molar-refractivity contribution in [3.63, 3.8) is 0 Å². The van der Waals surface area contributed by atoms with Gasteiger partial charge in [-0.05, 0) is 70.9 Å². The number of anilines is 2. The topological polar surface area (TPSA) is 64.1 Å². The molecule has 0 unspecified atom stereocenters. The van der Waals surface area contributed by atoms with Crippen LogP contribution in [0, 0.1) is 0 Å². The Morgan fingerprint density at radius 3 is 1.68 bits per heavy atom. The van der Waals surface area contributed by atoms with E-state index in [1.165, 1.54) is 0 Å². The SMILES string of the molecule is CCCOc1cc(N(CC)CC)ccc1C1(c2ccc(N(CC)CC)cc2OCCC)OC(=O)c2ccncc21. The van der Waals surface area contributed by atoms with Crippen molar-refractivity contribution in [3.8, 4) is 11.5 Å². The molecule has 214 valence electrons. The summed E-state index contributed by atoms with van der Waals surface area (Å²) in [5.41, 5.74) is 3.54. The number of hydrogen-bond donors (Lipinski definition) is 0. The minimum Gasteiger partial charge on any atom is -0.493 e. The molecule has 1 aromatic heterocycles. The van der Waals surface area contributed by atoms with E-state index in [1.54, 1.807) is 18.5 Å². The smallest absolute Gasteiger partial charge is 0.340 e. The molecule has 0 saturated carbocycles. The quantitative estimate of drug-likeness (QED) is 0.206. The van der Waals surface area contributed by atoms with Crippen LogP contribution >= 0.6 is 0 Å². The molecule has 40 heavy (non-hydrogen) atoms. The lowest BCUT2D eigenvalue weighted by molar-refractivity contribution is 0.0235. The summed E-state index contributed by atoms with van der Waals surface area (Å²) in [6.45, 7) is 17.3. The Hall–Kier alpha value is -3.74. The number of carbonyl (C=O) groups is 1. The zero-order valence-corrected chi connectivity index (χ0v) is 24.8. The summed E-state index contributed by atoms with van der Waals surface area (Å²) in [7, 11) is 0. The highest BCUT2D eigenvalue weighted by molar-refractivity contribution is 5.96. The van der Waals surface area contributed by atoms with Gasteiger partial charge in [0.2, 0.25) is 0 Å². The maximum absolute atomic E-state index is 13.5. The minimum absolute atomic E-state index is 0.388. The molecular weight excluding hydrogens is 502 g/mol. The largest absolute Gasteiger partial charge is 0.493 e. The predicted molar refractivity (Wildman–Crippen MR) is 161 cm³/mol. The molecule has 1 aliphatic rings. The molecule has 2 aromatic carbocycles. The van der Waals surface area contributed by atoms with Gasteiger partial charge in [-0.1, -0.05) is 13.8 Å². The van der Waals surface area contributed by atoms with Crippen LogP contribution in [0.1, 0.15) is 81.4 Å². The van der Waals surface area contributed by atoms with Crippen LogP contribution in [0.25, 0.3) is 0 Å². The maximum atomic E-state index is 13.5. The average molecular weight is 546 g/mol. The van der Waals surface area contributed by atoms with E-state index < -0.39 is 5.60 Å². The van der Waals surface area contributed by atoms with Crippen LogP contribution in [-0.4, -0.2) is 50.3 Å². The van der Waals surface area contributed by atoms with Crippen LogP contribution < -0.4 is 19.3 Å². The molecule has 0 N–H and O–H groups in total. The number of fused-ring (bicyclic) bond motifs is 1. The third kappa shape index (κ3) is 5.34. The van der Waals surface area contributed by atoms with Crippen molar-refractivity contribution in [1.29, 1.82) is 0 Å². The molecule has 0 aliphatic carbocycles. The summed E-state index contributed by atoms with van der Waals surface area (Å²) in [4.78, 5) is 22.5. The second-order valence-corrected chi connectivity index (χ2v) is 9.89. The van der Waals surface area contributed by atoms with Gasteiger partial charge in [-0.2, -0.15) is 0 Å². The van der Waals surface area contributed by atoms with Crippen LogP contribution in [0.4, 0.5) is 11.4 Å². The van der Waals surface area contributed by atoms with Crippen molar-refractivity contribution in [3.05, 3.63) is 77.1 Å². The number of aromatic nitrogens is 1. The number of rotatable bonds is 14. The first-order chi connectivity index (χ1) is 19.5. The first-order valence-electron chi connectivity index (χ1n) is 14.7. The van der Waals surface area contributed by atoms with Crippen molar-refractivity contribution >= 4 is 17.3 Å². The first kappa shape index (κ1) is 29.2. The van der Waals surface area contributed by atoms with E-state index in [4.69, 9.17) is 14.2 Å². The fourth-order valence-electron chi connectivity index (χ4n) is 5.48. The van der Waals surface area contributed by atoms with Crippen molar-refractivity contribution in [2.45, 2.75) is 60.0 Å². The minimum atomic E-state index is -1.28. The van der Waals surface area contributed by atoms with Gasteiger partial charge in [0.25, 0.3) is 0 Å². The summed E-state index contributed by atoms with van der Waals surface area (Å²) in [5, 5.41) is 0. The Bertz CT molecular complexity index is 1230. The van der Waals surface area contributed by atoms with Gasteiger partial charge in [0, 0.05) is 78.8 Å². The Morgan fingerprint density at radius 2 is 1.23 bits per heavy atom. The molecule has 3 aromatic rings. The summed E-state index contributed by atoms with van der Waals surface area (Å²) in [5.74, 6) is 0.982. The lowest BCUT2D eigenvalue weighted by atomic mass is 9.79. The molecule has 0 amide bonds. The third-order valence-corrected chi connectivity index (χ3v) is 7.54. The number of esters is 1. The third-order valence-electron chi connectivity index (χ3n) is 7.54. The molecular formula is C33H43N3O4. The molecule has 0 bridgehead atoms. The van der Waals surface area contributed by atoms with E-state index in [0.717, 1.165) is 61.5 Å². The van der Waals surface area contributed by atoms with Gasteiger partial charge in [-0.15, -0.1) is 0 Å². The monoisotopic (exact) mass is 545 g/mol. The highest BCUT2D eigenvalue weighted by Crippen LogP contribution is 2.53. The number of cyclic esters (lactones) is 1. The fourth-order valence-corrected chi connectivity index (χ4v) is 5.48. The number of benzene rings is 2. The van der Waals surface area contributed by atoms with E-state index in [9.17, 15) is 4.79 Å². The van der Waals surface area contributed by atoms with Gasteiger partial charge in [-0.25, -0.2) is 4.79 Å². The standard InChI is InChI=1S/C33H43N3O4/c1-7-19-38-30-21-24(35(9-3)10-4)13-15-27(30)33(29-23-34-18-17-26(29)32(37)40-33)28-16-14-25(36(11-5)12-6)22-31(28)39-20-8-2/h13-18,21-23H,7-12,19-20H2,1-6H3. The molecule has 0 atom stereocenters. The van der Waals surface area contributed by atoms with Crippen molar-refractivity contribution < 1.29 is 19.0 Å². The lowest BCUT2D eigenvalue weighted by Gasteiger charge is -2.34. The highest BCUT2D eigenvalue weighted by atomic mass is 16.6. The Labute approximate surface area is 239 Å². The zero-order valence-electron chi connectivity index (χ0n) is 24.8. The van der Waals surface area contributed by atoms with Crippen LogP contribution in [0.5, 0.6) is 11.5 Å². The maximum Gasteiger partial charge on any atom is 0.340 e. The Balaban J connectivity index is 2.04. The van der Waals surface area contributed by atoms with E-state index in [2.05, 4.69) is 80.6 Å². The molecule has 2 heterocycles. The number of pyridine rings is 1. The number of hydrogen-bond acceptors (Lipinski definition) is 7. The normalized spacial score (nSPS) is 13.5. The first-order valence-corrected chi connectivity index (χ1v) is 14.7. The molecule has 0 spiro atoms. The number of ether oxygens (including phenoxy) is 3. The van der Waals surface area contributed by atoms with Gasteiger partial charge < -0.3 is 24.0 Å². The second kappa shape index (κ2) is 13.1. The summed E-state index contributed by atoms with van der Waals surface area (Å²) >= 11 is 0. The Kier molecular flexibility index (Phi) is 9.56. The van der Waals surface area contributed by atoms with Crippen molar-refractivity contribution in [2.75, 3.05) is 49.2 Å². The average Bonchev–Trinajstić information content (AvgIpc) is 3.29. The van der Waals surface area contributed by atoms with Gasteiger partial charge in [0.15, 0.2) is 5.60 Å². The van der Waals surface area contributed by atoms with Crippen molar-refractivity contribution in [1.82, 2.24) is 4.98 Å². The van der Waals surface area contributed by atoms with Gasteiger partial charge in [0.1, 0.15) is 11.5 Å². The van der Waals surface area contributed by atoms with Crippen molar-refractivity contribution in [2.24, 2.45) is 0 Å². The molecule has 0 fully saturated rings. The number of nitrogens with zero attached hydrogens (tertiary/aromatic N) is 3. The van der Waals surface area contributed by atoms with E-state index in [-0.39, 0.29) is 5.97 Å². The Morgan fingerprint density at radius 1 is 0.725 bits per heavy atom. The summed E-state index contributed by atoms with van der Waals surface area (Å²) in [6, 6.07) is 14.1. The number of carbonyl (C=O) groups excluding carboxylic acids is 1.